The van der Waals surface area contributed by atoms with Gasteiger partial charge in [-0.1, -0.05) is 12.1 Å². The zero-order valence-corrected chi connectivity index (χ0v) is 16.1. The van der Waals surface area contributed by atoms with Crippen molar-refractivity contribution in [1.29, 1.82) is 0 Å². The van der Waals surface area contributed by atoms with Crippen LogP contribution in [0.15, 0.2) is 35.0 Å². The monoisotopic (exact) mass is 396 g/mol. The molecule has 2 amide bonds. The van der Waals surface area contributed by atoms with Gasteiger partial charge in [0.1, 0.15) is 10.7 Å². The minimum Gasteiger partial charge on any atom is -0.323 e. The van der Waals surface area contributed by atoms with Crippen molar-refractivity contribution in [1.82, 2.24) is 9.80 Å². The van der Waals surface area contributed by atoms with Gasteiger partial charge in [0.2, 0.25) is 11.8 Å². The maximum absolute atomic E-state index is 12.3. The molecular weight excluding hydrogens is 380 g/mol. The van der Waals surface area contributed by atoms with Crippen LogP contribution in [0.2, 0.25) is 0 Å². The van der Waals surface area contributed by atoms with Crippen LogP contribution in [0.4, 0.5) is 0 Å². The van der Waals surface area contributed by atoms with E-state index in [0.29, 0.717) is 24.6 Å². The quantitative estimate of drug-likeness (QED) is 0.773. The number of thioether (sulfide) groups is 2. The van der Waals surface area contributed by atoms with E-state index >= 15 is 0 Å². The van der Waals surface area contributed by atoms with E-state index in [4.69, 9.17) is 0 Å². The summed E-state index contributed by atoms with van der Waals surface area (Å²) >= 11 is 6.73. The number of hydrogen-bond acceptors (Lipinski definition) is 6. The first kappa shape index (κ1) is 16.5. The molecule has 2 aromatic heterocycles. The van der Waals surface area contributed by atoms with Crippen molar-refractivity contribution in [3.05, 3.63) is 44.8 Å². The van der Waals surface area contributed by atoms with E-state index in [-0.39, 0.29) is 22.6 Å². The summed E-state index contributed by atoms with van der Waals surface area (Å²) in [5, 5.41) is 4.29. The predicted molar refractivity (Wildman–Crippen MR) is 102 cm³/mol. The van der Waals surface area contributed by atoms with Gasteiger partial charge in [-0.15, -0.1) is 46.2 Å². The summed E-state index contributed by atoms with van der Waals surface area (Å²) in [6.07, 6.45) is 0. The summed E-state index contributed by atoms with van der Waals surface area (Å²) in [5.41, 5.74) is 0. The molecule has 0 aromatic carbocycles. The van der Waals surface area contributed by atoms with E-state index in [1.54, 1.807) is 46.2 Å². The zero-order chi connectivity index (χ0) is 16.5. The lowest BCUT2D eigenvalue weighted by Crippen LogP contribution is -2.38. The molecule has 8 heteroatoms. The van der Waals surface area contributed by atoms with Gasteiger partial charge in [-0.2, -0.15) is 0 Å². The van der Waals surface area contributed by atoms with Crippen molar-refractivity contribution in [3.63, 3.8) is 0 Å². The van der Waals surface area contributed by atoms with Crippen LogP contribution in [0.25, 0.3) is 0 Å². The molecule has 0 radical (unpaired) electrons. The number of carbonyl (C=O) groups excluding carboxylic acids is 2. The van der Waals surface area contributed by atoms with Crippen molar-refractivity contribution >= 4 is 58.0 Å². The van der Waals surface area contributed by atoms with E-state index in [9.17, 15) is 9.59 Å². The molecule has 4 rings (SSSR count). The van der Waals surface area contributed by atoms with E-state index < -0.39 is 0 Å². The Balaban J connectivity index is 1.46. The maximum Gasteiger partial charge on any atom is 0.233 e. The summed E-state index contributed by atoms with van der Waals surface area (Å²) in [5.74, 6) is 1.40. The Kier molecular flexibility index (Phi) is 4.89. The highest BCUT2D eigenvalue weighted by Gasteiger charge is 2.37. The van der Waals surface area contributed by atoms with Crippen LogP contribution in [0.3, 0.4) is 0 Å². The number of amides is 2. The lowest BCUT2D eigenvalue weighted by molar-refractivity contribution is -0.132. The summed E-state index contributed by atoms with van der Waals surface area (Å²) in [6.45, 7) is 1.20. The van der Waals surface area contributed by atoms with Gasteiger partial charge in [0.15, 0.2) is 0 Å². The fourth-order valence-corrected chi connectivity index (χ4v) is 7.34. The second-order valence-electron chi connectivity index (χ2n) is 5.53. The van der Waals surface area contributed by atoms with E-state index in [1.807, 2.05) is 32.7 Å². The van der Waals surface area contributed by atoms with Crippen LogP contribution in [-0.4, -0.2) is 46.2 Å². The van der Waals surface area contributed by atoms with Gasteiger partial charge in [-0.05, 0) is 22.9 Å². The average Bonchev–Trinajstić information content (AvgIpc) is 3.33. The highest BCUT2D eigenvalue weighted by molar-refractivity contribution is 8.01. The topological polar surface area (TPSA) is 40.6 Å². The first-order chi connectivity index (χ1) is 11.7. The van der Waals surface area contributed by atoms with Gasteiger partial charge in [-0.3, -0.25) is 9.59 Å². The summed E-state index contributed by atoms with van der Waals surface area (Å²) in [7, 11) is 0. The summed E-state index contributed by atoms with van der Waals surface area (Å²) < 4.78 is 0. The number of rotatable bonds is 5. The molecule has 0 bridgehead atoms. The van der Waals surface area contributed by atoms with Crippen molar-refractivity contribution in [2.24, 2.45) is 0 Å². The molecule has 2 aliphatic heterocycles. The second-order valence-corrected chi connectivity index (χ2v) is 9.63. The fraction of sp³-hybridized carbons (Fsp3) is 0.375. The van der Waals surface area contributed by atoms with Crippen molar-refractivity contribution in [3.8, 4) is 0 Å². The molecule has 0 aliphatic carbocycles. The maximum atomic E-state index is 12.3. The van der Waals surface area contributed by atoms with Gasteiger partial charge in [0, 0.05) is 22.8 Å². The normalized spacial score (nSPS) is 24.3. The number of hydrogen-bond donors (Lipinski definition) is 0. The third-order valence-electron chi connectivity index (χ3n) is 4.09. The van der Waals surface area contributed by atoms with Crippen LogP contribution in [-0.2, 0) is 9.59 Å². The Hall–Kier alpha value is -0.960. The third kappa shape index (κ3) is 3.12. The first-order valence-electron chi connectivity index (χ1n) is 7.63. The van der Waals surface area contributed by atoms with Gasteiger partial charge < -0.3 is 9.80 Å². The second kappa shape index (κ2) is 7.11. The highest BCUT2D eigenvalue weighted by Crippen LogP contribution is 2.42. The molecule has 2 aliphatic rings. The Morgan fingerprint density at radius 1 is 0.833 bits per heavy atom. The standard InChI is InChI=1S/C16H16N2O2S4/c19-13-9-23-15(11-3-1-7-21-11)17(13)5-6-18-14(20)10-24-16(18)12-4-2-8-22-12/h1-4,7-8,15-16H,5-6,9-10H2/t15-,16+. The highest BCUT2D eigenvalue weighted by atomic mass is 32.2. The summed E-state index contributed by atoms with van der Waals surface area (Å²) in [6, 6.07) is 8.21. The Morgan fingerprint density at radius 2 is 1.29 bits per heavy atom. The molecule has 4 heterocycles. The van der Waals surface area contributed by atoms with Crippen LogP contribution in [0, 0.1) is 0 Å². The van der Waals surface area contributed by atoms with E-state index in [1.165, 1.54) is 9.75 Å². The fourth-order valence-electron chi connectivity index (χ4n) is 2.94. The Bertz CT molecular complexity index is 654. The van der Waals surface area contributed by atoms with Crippen LogP contribution in [0.5, 0.6) is 0 Å². The number of nitrogens with zero attached hydrogens (tertiary/aromatic N) is 2. The first-order valence-corrected chi connectivity index (χ1v) is 11.5. The minimum atomic E-state index is 0.100. The van der Waals surface area contributed by atoms with Crippen molar-refractivity contribution in [2.75, 3.05) is 24.6 Å². The van der Waals surface area contributed by atoms with E-state index in [2.05, 4.69) is 12.1 Å². The van der Waals surface area contributed by atoms with Crippen LogP contribution >= 0.6 is 46.2 Å². The molecule has 0 unspecified atom stereocenters. The van der Waals surface area contributed by atoms with Gasteiger partial charge >= 0.3 is 0 Å². The third-order valence-corrected chi connectivity index (χ3v) is 8.71. The van der Waals surface area contributed by atoms with Gasteiger partial charge in [0.25, 0.3) is 0 Å². The molecule has 126 valence electrons. The predicted octanol–water partition coefficient (Wildman–Crippen LogP) is 3.66. The molecule has 0 saturated carbocycles. The minimum absolute atomic E-state index is 0.100. The van der Waals surface area contributed by atoms with Crippen LogP contribution < -0.4 is 0 Å². The molecule has 0 spiro atoms. The molecule has 4 nitrogen and oxygen atoms in total. The lowest BCUT2D eigenvalue weighted by Gasteiger charge is -2.28. The zero-order valence-electron chi connectivity index (χ0n) is 12.8. The number of carbonyl (C=O) groups is 2. The molecule has 24 heavy (non-hydrogen) atoms. The Labute approximate surface area is 157 Å². The molecule has 2 saturated heterocycles. The Morgan fingerprint density at radius 3 is 1.67 bits per heavy atom. The SMILES string of the molecule is O=C1CS[C@H](c2cccs2)N1CCN1C(=O)CS[C@H]1c1cccs1. The van der Waals surface area contributed by atoms with Gasteiger partial charge in [0.05, 0.1) is 11.5 Å². The molecule has 2 aromatic rings. The average molecular weight is 397 g/mol. The van der Waals surface area contributed by atoms with Gasteiger partial charge in [-0.25, -0.2) is 0 Å². The van der Waals surface area contributed by atoms with Crippen molar-refractivity contribution in [2.45, 2.75) is 10.7 Å². The molecule has 2 atom stereocenters. The van der Waals surface area contributed by atoms with E-state index in [0.717, 1.165) is 0 Å². The summed E-state index contributed by atoms with van der Waals surface area (Å²) in [4.78, 5) is 30.8. The molecular formula is C16H16N2O2S4. The van der Waals surface area contributed by atoms with Crippen LogP contribution in [0.1, 0.15) is 20.5 Å². The largest absolute Gasteiger partial charge is 0.323 e. The number of thiophene rings is 2. The van der Waals surface area contributed by atoms with Crippen molar-refractivity contribution < 1.29 is 9.59 Å². The molecule has 2 fully saturated rings. The smallest absolute Gasteiger partial charge is 0.233 e. The molecule has 0 N–H and O–H groups in total. The lowest BCUT2D eigenvalue weighted by atomic mass is 10.3.